The molecule has 2 aromatic rings. The van der Waals surface area contributed by atoms with E-state index in [2.05, 4.69) is 10.2 Å². The fraction of sp³-hybridized carbons (Fsp3) is 0.438. The Kier molecular flexibility index (Phi) is 2.93. The maximum Gasteiger partial charge on any atom is 0.361 e. The van der Waals surface area contributed by atoms with Crippen LogP contribution >= 0.6 is 11.6 Å². The van der Waals surface area contributed by atoms with E-state index >= 15 is 0 Å². The van der Waals surface area contributed by atoms with Crippen LogP contribution in [0.1, 0.15) is 44.0 Å². The molecular formula is C16H16ClN3O2. The molecule has 6 heteroatoms. The highest BCUT2D eigenvalue weighted by molar-refractivity contribution is 6.30. The van der Waals surface area contributed by atoms with E-state index in [9.17, 15) is 5.21 Å². The number of halogens is 1. The molecule has 1 aromatic carbocycles. The van der Waals surface area contributed by atoms with Gasteiger partial charge in [-0.1, -0.05) is 11.6 Å². The van der Waals surface area contributed by atoms with E-state index in [0.29, 0.717) is 22.2 Å². The maximum absolute atomic E-state index is 12.9. The van der Waals surface area contributed by atoms with Crippen LogP contribution in [0.5, 0.6) is 0 Å². The number of aromatic nitrogens is 3. The van der Waals surface area contributed by atoms with Gasteiger partial charge in [-0.05, 0) is 56.1 Å². The van der Waals surface area contributed by atoms with Crippen molar-refractivity contribution in [1.82, 2.24) is 10.2 Å². The molecule has 3 aliphatic rings. The summed E-state index contributed by atoms with van der Waals surface area (Å²) in [6.07, 6.45) is 1.84. The van der Waals surface area contributed by atoms with E-state index in [0.717, 1.165) is 23.1 Å². The average Bonchev–Trinajstić information content (AvgIpc) is 2.49. The quantitative estimate of drug-likeness (QED) is 0.599. The number of nitrogens with zero attached hydrogens (tertiary/aromatic N) is 3. The standard InChI is InChI=1S/C16H16ClN3O2/c1-9-12-7-8-16(2,22-9)14-13(12)20(21)15(19-18-14)10-3-5-11(17)6-4-10/h3-6,9,12H,7-8H2,1-2H3. The second-order valence-corrected chi connectivity index (χ2v) is 6.69. The monoisotopic (exact) mass is 317 g/mol. The number of hydrogen-bond acceptors (Lipinski definition) is 4. The second-order valence-electron chi connectivity index (χ2n) is 6.26. The Bertz CT molecular complexity index is 750. The molecule has 0 radical (unpaired) electrons. The first-order chi connectivity index (χ1) is 10.5. The summed E-state index contributed by atoms with van der Waals surface area (Å²) in [4.78, 5) is 0. The topological polar surface area (TPSA) is 62.0 Å². The van der Waals surface area contributed by atoms with Crippen molar-refractivity contribution in [3.63, 3.8) is 0 Å². The van der Waals surface area contributed by atoms with E-state index in [1.807, 2.05) is 13.8 Å². The summed E-state index contributed by atoms with van der Waals surface area (Å²) in [6.45, 7) is 4.02. The van der Waals surface area contributed by atoms with Crippen LogP contribution in [-0.2, 0) is 10.3 Å². The van der Waals surface area contributed by atoms with Crippen LogP contribution < -0.4 is 4.73 Å². The van der Waals surface area contributed by atoms with Crippen LogP contribution in [0.25, 0.3) is 11.4 Å². The first-order valence-electron chi connectivity index (χ1n) is 7.44. The van der Waals surface area contributed by atoms with Gasteiger partial charge in [-0.2, -0.15) is 0 Å². The molecule has 1 fully saturated rings. The molecule has 1 aliphatic carbocycles. The third kappa shape index (κ3) is 1.85. The molecule has 0 spiro atoms. The Morgan fingerprint density at radius 1 is 1.32 bits per heavy atom. The zero-order valence-corrected chi connectivity index (χ0v) is 13.2. The van der Waals surface area contributed by atoms with Crippen LogP contribution in [0.3, 0.4) is 0 Å². The summed E-state index contributed by atoms with van der Waals surface area (Å²) in [5, 5.41) is 22.0. The second kappa shape index (κ2) is 4.64. The minimum absolute atomic E-state index is 0.0220. The largest absolute Gasteiger partial charge is 0.710 e. The highest BCUT2D eigenvalue weighted by Crippen LogP contribution is 2.49. The molecule has 0 N–H and O–H groups in total. The molecular weight excluding hydrogens is 302 g/mol. The van der Waals surface area contributed by atoms with E-state index in [-0.39, 0.29) is 12.0 Å². The first-order valence-corrected chi connectivity index (χ1v) is 7.82. The van der Waals surface area contributed by atoms with E-state index in [4.69, 9.17) is 16.3 Å². The van der Waals surface area contributed by atoms with Crippen LogP contribution in [-0.4, -0.2) is 16.3 Å². The fourth-order valence-electron chi connectivity index (χ4n) is 3.63. The Balaban J connectivity index is 1.91. The number of rotatable bonds is 1. The molecule has 0 amide bonds. The lowest BCUT2D eigenvalue weighted by Gasteiger charge is -2.46. The van der Waals surface area contributed by atoms with Crippen molar-refractivity contribution in [1.29, 1.82) is 0 Å². The summed E-state index contributed by atoms with van der Waals surface area (Å²) in [7, 11) is 0. The first kappa shape index (κ1) is 13.9. The molecule has 114 valence electrons. The van der Waals surface area contributed by atoms with Gasteiger partial charge in [0.1, 0.15) is 11.3 Å². The summed E-state index contributed by atoms with van der Waals surface area (Å²) in [5.41, 5.74) is 1.62. The lowest BCUT2D eigenvalue weighted by Crippen LogP contribution is -2.53. The Morgan fingerprint density at radius 3 is 2.73 bits per heavy atom. The van der Waals surface area contributed by atoms with Gasteiger partial charge in [0.2, 0.25) is 0 Å². The van der Waals surface area contributed by atoms with Gasteiger partial charge >= 0.3 is 5.82 Å². The normalized spacial score (nSPS) is 29.4. The van der Waals surface area contributed by atoms with Gasteiger partial charge < -0.3 is 9.94 Å². The molecule has 5 nitrogen and oxygen atoms in total. The maximum atomic E-state index is 12.9. The average molecular weight is 318 g/mol. The van der Waals surface area contributed by atoms with Gasteiger partial charge in [0.15, 0.2) is 5.69 Å². The Hall–Kier alpha value is -1.72. The van der Waals surface area contributed by atoms with E-state index in [1.54, 1.807) is 24.3 Å². The van der Waals surface area contributed by atoms with Gasteiger partial charge in [-0.15, -0.1) is 0 Å². The minimum atomic E-state index is -0.499. The zero-order valence-electron chi connectivity index (χ0n) is 12.4. The third-order valence-corrected chi connectivity index (χ3v) is 5.05. The molecule has 3 atom stereocenters. The number of hydrogen-bond donors (Lipinski definition) is 0. The molecule has 3 unspecified atom stereocenters. The SMILES string of the molecule is CC1OC2(C)CCC1c1c2nnc(-c2ccc(Cl)cc2)[n+]1[O-]. The van der Waals surface area contributed by atoms with Gasteiger partial charge in [-0.3, -0.25) is 0 Å². The van der Waals surface area contributed by atoms with Crippen molar-refractivity contribution in [3.8, 4) is 11.4 Å². The van der Waals surface area contributed by atoms with Crippen molar-refractivity contribution in [3.05, 3.63) is 45.9 Å². The summed E-state index contributed by atoms with van der Waals surface area (Å²) in [5.74, 6) is 0.398. The highest BCUT2D eigenvalue weighted by atomic mass is 35.5. The lowest BCUT2D eigenvalue weighted by atomic mass is 9.74. The Morgan fingerprint density at radius 2 is 2.05 bits per heavy atom. The molecule has 2 aliphatic heterocycles. The smallest absolute Gasteiger partial charge is 0.361 e. The van der Waals surface area contributed by atoms with Crippen molar-refractivity contribution < 1.29 is 9.47 Å². The zero-order chi connectivity index (χ0) is 15.5. The lowest BCUT2D eigenvalue weighted by molar-refractivity contribution is -0.612. The van der Waals surface area contributed by atoms with Gasteiger partial charge in [0.05, 0.1) is 16.8 Å². The van der Waals surface area contributed by atoms with Crippen molar-refractivity contribution in [2.45, 2.75) is 44.3 Å². The number of fused-ring (bicyclic) bond motifs is 2. The number of benzene rings is 1. The summed E-state index contributed by atoms with van der Waals surface area (Å²) in [6, 6.07) is 7.07. The molecule has 1 saturated heterocycles. The molecule has 22 heavy (non-hydrogen) atoms. The van der Waals surface area contributed by atoms with Crippen LogP contribution in [0.4, 0.5) is 0 Å². The van der Waals surface area contributed by atoms with Crippen LogP contribution in [0.15, 0.2) is 24.3 Å². The predicted octanol–water partition coefficient (Wildman–Crippen LogP) is 2.94. The molecule has 2 bridgehead atoms. The van der Waals surface area contributed by atoms with Gasteiger partial charge in [-0.25, -0.2) is 4.73 Å². The van der Waals surface area contributed by atoms with Gasteiger partial charge in [0, 0.05) is 10.9 Å². The molecule has 5 rings (SSSR count). The van der Waals surface area contributed by atoms with E-state index in [1.165, 1.54) is 0 Å². The van der Waals surface area contributed by atoms with Crippen LogP contribution in [0, 0.1) is 5.21 Å². The fourth-order valence-corrected chi connectivity index (χ4v) is 3.75. The minimum Gasteiger partial charge on any atom is -0.710 e. The molecule has 1 aromatic heterocycles. The third-order valence-electron chi connectivity index (χ3n) is 4.80. The van der Waals surface area contributed by atoms with Crippen molar-refractivity contribution >= 4 is 11.6 Å². The summed E-state index contributed by atoms with van der Waals surface area (Å²) < 4.78 is 6.98. The van der Waals surface area contributed by atoms with Crippen LogP contribution in [0.2, 0.25) is 5.02 Å². The van der Waals surface area contributed by atoms with E-state index < -0.39 is 5.60 Å². The predicted molar refractivity (Wildman–Crippen MR) is 81.3 cm³/mol. The highest BCUT2D eigenvalue weighted by Gasteiger charge is 2.51. The van der Waals surface area contributed by atoms with Gasteiger partial charge in [0.25, 0.3) is 0 Å². The summed E-state index contributed by atoms with van der Waals surface area (Å²) >= 11 is 5.91. The van der Waals surface area contributed by atoms with Crippen molar-refractivity contribution in [2.24, 2.45) is 0 Å². The molecule has 3 heterocycles. The molecule has 0 saturated carbocycles. The van der Waals surface area contributed by atoms with Crippen molar-refractivity contribution in [2.75, 3.05) is 0 Å². The number of ether oxygens (including phenoxy) is 1. The Labute approximate surface area is 133 Å².